The first-order chi connectivity index (χ1) is 16.7. The molecular formula is C27H29ClN2O5S. The van der Waals surface area contributed by atoms with Gasteiger partial charge in [-0.05, 0) is 92.3 Å². The first-order valence-corrected chi connectivity index (χ1v) is 13.1. The number of aliphatic carboxylic acids is 1. The summed E-state index contributed by atoms with van der Waals surface area (Å²) in [6.07, 6.45) is 0. The Morgan fingerprint density at radius 2 is 1.53 bits per heavy atom. The fourth-order valence-corrected chi connectivity index (χ4v) is 5.58. The standard InChI is InChI=1S/C27H29ClN2O5S/c1-15-13-24(16(2)12-23(15)28)36(34,35)29-22-9-7-8-20(14-22)21-10-17(3)25(18(4)11-21)26(31)30(6)19(5)27(32)33/h7-14,19,29H,1-6H3,(H,32,33)/t19-/m0/s1. The maximum Gasteiger partial charge on any atom is 0.326 e. The Morgan fingerprint density at radius 1 is 0.917 bits per heavy atom. The number of likely N-dealkylation sites (N-methyl/N-ethyl adjacent to an activating group) is 1. The van der Waals surface area contributed by atoms with Crippen LogP contribution in [0.2, 0.25) is 5.02 Å². The third kappa shape index (κ3) is 5.55. The summed E-state index contributed by atoms with van der Waals surface area (Å²) in [6, 6.07) is 12.9. The van der Waals surface area contributed by atoms with Crippen LogP contribution in [0.1, 0.15) is 39.5 Å². The fourth-order valence-electron chi connectivity index (χ4n) is 4.00. The van der Waals surface area contributed by atoms with Crippen molar-refractivity contribution in [3.63, 3.8) is 0 Å². The molecule has 7 nitrogen and oxygen atoms in total. The van der Waals surface area contributed by atoms with Crippen molar-refractivity contribution in [1.82, 2.24) is 4.90 Å². The van der Waals surface area contributed by atoms with E-state index >= 15 is 0 Å². The maximum atomic E-state index is 13.1. The number of carboxylic acid groups (broad SMARTS) is 1. The van der Waals surface area contributed by atoms with Gasteiger partial charge in [0.1, 0.15) is 6.04 Å². The molecule has 0 saturated carbocycles. The molecule has 0 aliphatic heterocycles. The predicted molar refractivity (Wildman–Crippen MR) is 142 cm³/mol. The van der Waals surface area contributed by atoms with Crippen LogP contribution >= 0.6 is 11.6 Å². The summed E-state index contributed by atoms with van der Waals surface area (Å²) in [4.78, 5) is 25.6. The highest BCUT2D eigenvalue weighted by molar-refractivity contribution is 7.92. The molecular weight excluding hydrogens is 500 g/mol. The van der Waals surface area contributed by atoms with Crippen molar-refractivity contribution in [3.8, 4) is 11.1 Å². The van der Waals surface area contributed by atoms with E-state index in [1.54, 1.807) is 58.0 Å². The average Bonchev–Trinajstić information content (AvgIpc) is 2.79. The van der Waals surface area contributed by atoms with Crippen LogP contribution < -0.4 is 4.72 Å². The first-order valence-electron chi connectivity index (χ1n) is 11.2. The summed E-state index contributed by atoms with van der Waals surface area (Å²) in [6.45, 7) is 8.49. The molecule has 0 aliphatic carbocycles. The van der Waals surface area contributed by atoms with Crippen molar-refractivity contribution >= 4 is 39.2 Å². The molecule has 190 valence electrons. The number of sulfonamides is 1. The monoisotopic (exact) mass is 528 g/mol. The van der Waals surface area contributed by atoms with Crippen LogP contribution in [0.5, 0.6) is 0 Å². The number of halogens is 1. The van der Waals surface area contributed by atoms with E-state index in [1.165, 1.54) is 18.9 Å². The Kier molecular flexibility index (Phi) is 7.81. The van der Waals surface area contributed by atoms with Crippen LogP contribution in [0.3, 0.4) is 0 Å². The number of carboxylic acids is 1. The van der Waals surface area contributed by atoms with E-state index in [0.717, 1.165) is 11.1 Å². The number of nitrogens with one attached hydrogen (secondary N) is 1. The van der Waals surface area contributed by atoms with Gasteiger partial charge in [0.15, 0.2) is 0 Å². The van der Waals surface area contributed by atoms with Crippen molar-refractivity contribution in [2.75, 3.05) is 11.8 Å². The number of benzene rings is 3. The molecule has 0 unspecified atom stereocenters. The Labute approximate surface area is 216 Å². The summed E-state index contributed by atoms with van der Waals surface area (Å²) in [5, 5.41) is 9.76. The molecule has 0 bridgehead atoms. The zero-order chi connectivity index (χ0) is 26.9. The molecule has 1 amide bonds. The minimum absolute atomic E-state index is 0.157. The lowest BCUT2D eigenvalue weighted by atomic mass is 9.94. The Hall–Kier alpha value is -3.36. The molecule has 9 heteroatoms. The van der Waals surface area contributed by atoms with Crippen LogP contribution in [0.4, 0.5) is 5.69 Å². The molecule has 0 fully saturated rings. The summed E-state index contributed by atoms with van der Waals surface area (Å²) in [5.74, 6) is -1.46. The van der Waals surface area contributed by atoms with E-state index in [9.17, 15) is 23.1 Å². The third-order valence-electron chi connectivity index (χ3n) is 6.20. The molecule has 0 heterocycles. The highest BCUT2D eigenvalue weighted by Gasteiger charge is 2.25. The lowest BCUT2D eigenvalue weighted by Gasteiger charge is -2.24. The number of aryl methyl sites for hydroxylation is 4. The Morgan fingerprint density at radius 3 is 2.11 bits per heavy atom. The van der Waals surface area contributed by atoms with E-state index in [-0.39, 0.29) is 10.8 Å². The van der Waals surface area contributed by atoms with Gasteiger partial charge >= 0.3 is 5.97 Å². The molecule has 1 atom stereocenters. The topological polar surface area (TPSA) is 104 Å². The molecule has 3 aromatic carbocycles. The van der Waals surface area contributed by atoms with Gasteiger partial charge in [0.2, 0.25) is 0 Å². The zero-order valence-corrected chi connectivity index (χ0v) is 22.6. The van der Waals surface area contributed by atoms with Gasteiger partial charge < -0.3 is 10.0 Å². The Bertz CT molecular complexity index is 1440. The van der Waals surface area contributed by atoms with Crippen molar-refractivity contribution in [3.05, 3.63) is 81.4 Å². The summed E-state index contributed by atoms with van der Waals surface area (Å²) in [5.41, 5.74) is 5.00. The van der Waals surface area contributed by atoms with E-state index < -0.39 is 22.0 Å². The zero-order valence-electron chi connectivity index (χ0n) is 21.0. The summed E-state index contributed by atoms with van der Waals surface area (Å²) >= 11 is 6.12. The number of nitrogens with zero attached hydrogens (tertiary/aromatic N) is 1. The van der Waals surface area contributed by atoms with Crippen LogP contribution in [0.15, 0.2) is 53.4 Å². The summed E-state index contributed by atoms with van der Waals surface area (Å²) in [7, 11) is -2.38. The average molecular weight is 529 g/mol. The van der Waals surface area contributed by atoms with Crippen molar-refractivity contribution in [2.24, 2.45) is 0 Å². The normalized spacial score (nSPS) is 12.2. The van der Waals surface area contributed by atoms with E-state index in [2.05, 4.69) is 4.72 Å². The van der Waals surface area contributed by atoms with Gasteiger partial charge in [0.05, 0.1) is 4.90 Å². The van der Waals surface area contributed by atoms with E-state index in [0.29, 0.717) is 38.5 Å². The van der Waals surface area contributed by atoms with Crippen molar-refractivity contribution in [2.45, 2.75) is 45.6 Å². The number of anilines is 1. The van der Waals surface area contributed by atoms with Gasteiger partial charge in [-0.25, -0.2) is 13.2 Å². The molecule has 3 aromatic rings. The smallest absolute Gasteiger partial charge is 0.326 e. The van der Waals surface area contributed by atoms with Crippen LogP contribution in [-0.4, -0.2) is 43.4 Å². The van der Waals surface area contributed by atoms with Crippen molar-refractivity contribution in [1.29, 1.82) is 0 Å². The third-order valence-corrected chi connectivity index (χ3v) is 8.13. The molecule has 0 saturated heterocycles. The van der Waals surface area contributed by atoms with Crippen molar-refractivity contribution < 1.29 is 23.1 Å². The van der Waals surface area contributed by atoms with Gasteiger partial charge in [-0.15, -0.1) is 0 Å². The number of amides is 1. The second kappa shape index (κ2) is 10.3. The van der Waals surface area contributed by atoms with E-state index in [4.69, 9.17) is 11.6 Å². The minimum atomic E-state index is -3.85. The van der Waals surface area contributed by atoms with Crippen LogP contribution in [-0.2, 0) is 14.8 Å². The largest absolute Gasteiger partial charge is 0.480 e. The minimum Gasteiger partial charge on any atom is -0.480 e. The molecule has 2 N–H and O–H groups in total. The number of hydrogen-bond donors (Lipinski definition) is 2. The molecule has 36 heavy (non-hydrogen) atoms. The molecule has 0 aromatic heterocycles. The molecule has 3 rings (SSSR count). The predicted octanol–water partition coefficient (Wildman–Crippen LogP) is 5.59. The first kappa shape index (κ1) is 27.2. The lowest BCUT2D eigenvalue weighted by molar-refractivity contribution is -0.141. The summed E-state index contributed by atoms with van der Waals surface area (Å²) < 4.78 is 28.8. The van der Waals surface area contributed by atoms with Crippen LogP contribution in [0.25, 0.3) is 11.1 Å². The quantitative estimate of drug-likeness (QED) is 0.416. The van der Waals surface area contributed by atoms with Gasteiger partial charge in [0, 0.05) is 23.3 Å². The fraction of sp³-hybridized carbons (Fsp3) is 0.259. The number of hydrogen-bond acceptors (Lipinski definition) is 4. The molecule has 0 radical (unpaired) electrons. The SMILES string of the molecule is Cc1cc(S(=O)(=O)Nc2cccc(-c3cc(C)c(C(=O)N(C)[C@@H](C)C(=O)O)c(C)c3)c2)c(C)cc1Cl. The number of carbonyl (C=O) groups is 2. The van der Waals surface area contributed by atoms with Gasteiger partial charge in [-0.3, -0.25) is 9.52 Å². The van der Waals surface area contributed by atoms with Crippen LogP contribution in [0, 0.1) is 27.7 Å². The van der Waals surface area contributed by atoms with Gasteiger partial charge in [-0.2, -0.15) is 0 Å². The molecule has 0 spiro atoms. The van der Waals surface area contributed by atoms with Gasteiger partial charge in [-0.1, -0.05) is 35.9 Å². The number of rotatable bonds is 7. The van der Waals surface area contributed by atoms with E-state index in [1.807, 2.05) is 18.2 Å². The second-order valence-corrected chi connectivity index (χ2v) is 11.0. The molecule has 0 aliphatic rings. The second-order valence-electron chi connectivity index (χ2n) is 8.97. The van der Waals surface area contributed by atoms with Gasteiger partial charge in [0.25, 0.3) is 15.9 Å². The highest BCUT2D eigenvalue weighted by atomic mass is 35.5. The highest BCUT2D eigenvalue weighted by Crippen LogP contribution is 2.30. The Balaban J connectivity index is 1.95. The maximum absolute atomic E-state index is 13.1. The lowest BCUT2D eigenvalue weighted by Crippen LogP contribution is -2.40. The number of carbonyl (C=O) groups excluding carboxylic acids is 1.